The largest absolute Gasteiger partial charge is 0.372 e. The molecular formula is C19H23N5O. The molecule has 0 radical (unpaired) electrons. The molecule has 1 aliphatic rings. The summed E-state index contributed by atoms with van der Waals surface area (Å²) in [5.74, 6) is 0.487. The molecule has 25 heavy (non-hydrogen) atoms. The van der Waals surface area contributed by atoms with Crippen LogP contribution in [0.2, 0.25) is 0 Å². The Morgan fingerprint density at radius 2 is 2.08 bits per heavy atom. The molecule has 6 heteroatoms. The van der Waals surface area contributed by atoms with E-state index in [1.165, 1.54) is 5.56 Å². The van der Waals surface area contributed by atoms with Gasteiger partial charge in [-0.3, -0.25) is 4.68 Å². The number of hydrogen-bond donors (Lipinski definition) is 1. The van der Waals surface area contributed by atoms with Crippen LogP contribution in [0.1, 0.15) is 23.8 Å². The molecular weight excluding hydrogens is 314 g/mol. The summed E-state index contributed by atoms with van der Waals surface area (Å²) in [5.41, 5.74) is 3.57. The number of rotatable bonds is 6. The summed E-state index contributed by atoms with van der Waals surface area (Å²) in [6, 6.07) is 10.6. The van der Waals surface area contributed by atoms with E-state index >= 15 is 0 Å². The van der Waals surface area contributed by atoms with Crippen LogP contribution in [-0.2, 0) is 18.3 Å². The Balaban J connectivity index is 1.32. The van der Waals surface area contributed by atoms with Crippen LogP contribution in [0.4, 0.5) is 0 Å². The van der Waals surface area contributed by atoms with Crippen molar-refractivity contribution in [2.45, 2.75) is 19.1 Å². The highest BCUT2D eigenvalue weighted by atomic mass is 16.5. The van der Waals surface area contributed by atoms with E-state index in [0.29, 0.717) is 5.92 Å². The molecule has 3 heterocycles. The normalized spacial score (nSPS) is 20.2. The van der Waals surface area contributed by atoms with Gasteiger partial charge in [0.1, 0.15) is 6.10 Å². The van der Waals surface area contributed by atoms with Crippen LogP contribution in [0, 0.1) is 5.92 Å². The van der Waals surface area contributed by atoms with Crippen LogP contribution in [0.15, 0.2) is 55.2 Å². The minimum absolute atomic E-state index is 0.142. The number of imidazole rings is 1. The maximum absolute atomic E-state index is 5.94. The molecule has 1 aliphatic heterocycles. The Kier molecular flexibility index (Phi) is 4.63. The van der Waals surface area contributed by atoms with E-state index in [2.05, 4.69) is 45.7 Å². The van der Waals surface area contributed by atoms with Gasteiger partial charge in [0.2, 0.25) is 0 Å². The molecule has 0 amide bonds. The second kappa shape index (κ2) is 7.21. The Morgan fingerprint density at radius 1 is 1.20 bits per heavy atom. The van der Waals surface area contributed by atoms with Gasteiger partial charge in [0.05, 0.1) is 12.0 Å². The first-order valence-electron chi connectivity index (χ1n) is 8.69. The Labute approximate surface area is 147 Å². The number of nitrogens with one attached hydrogen (secondary N) is 1. The van der Waals surface area contributed by atoms with Crippen molar-refractivity contribution in [1.82, 2.24) is 24.6 Å². The monoisotopic (exact) mass is 337 g/mol. The molecule has 1 fully saturated rings. The maximum atomic E-state index is 5.94. The zero-order chi connectivity index (χ0) is 17.1. The molecule has 0 spiro atoms. The van der Waals surface area contributed by atoms with E-state index in [0.717, 1.165) is 37.5 Å². The number of nitrogens with zero attached hydrogens (tertiary/aromatic N) is 4. The molecule has 4 rings (SSSR count). The van der Waals surface area contributed by atoms with Gasteiger partial charge >= 0.3 is 0 Å². The molecule has 1 N–H and O–H groups in total. The molecule has 0 saturated carbocycles. The van der Waals surface area contributed by atoms with Crippen molar-refractivity contribution in [2.24, 2.45) is 13.0 Å². The van der Waals surface area contributed by atoms with Gasteiger partial charge in [0.25, 0.3) is 0 Å². The van der Waals surface area contributed by atoms with Crippen LogP contribution in [0.25, 0.3) is 5.69 Å². The van der Waals surface area contributed by atoms with E-state index < -0.39 is 0 Å². The van der Waals surface area contributed by atoms with Crippen molar-refractivity contribution in [3.63, 3.8) is 0 Å². The quantitative estimate of drug-likeness (QED) is 0.751. The first-order valence-corrected chi connectivity index (χ1v) is 8.69. The number of hydrogen-bond acceptors (Lipinski definition) is 4. The molecule has 130 valence electrons. The second-order valence-corrected chi connectivity index (χ2v) is 6.49. The highest BCUT2D eigenvalue weighted by molar-refractivity contribution is 5.34. The standard InChI is InChI=1S/C19H23N5O/c1-23-18(6-8-22-23)19-16(7-11-25-19)13-21-12-15-2-4-17(5-3-15)24-10-9-20-14-24/h2-6,8-10,14,16,19,21H,7,11-13H2,1H3/t16-,19+/m0/s1. The van der Waals surface area contributed by atoms with E-state index in [1.807, 2.05) is 35.0 Å². The lowest BCUT2D eigenvalue weighted by Crippen LogP contribution is -2.25. The van der Waals surface area contributed by atoms with E-state index in [9.17, 15) is 0 Å². The van der Waals surface area contributed by atoms with Gasteiger partial charge < -0.3 is 14.6 Å². The lowest BCUT2D eigenvalue weighted by atomic mass is 9.99. The minimum atomic E-state index is 0.142. The summed E-state index contributed by atoms with van der Waals surface area (Å²) in [6.45, 7) is 2.62. The highest BCUT2D eigenvalue weighted by Gasteiger charge is 2.31. The van der Waals surface area contributed by atoms with Crippen LogP contribution in [-0.4, -0.2) is 32.5 Å². The number of benzene rings is 1. The summed E-state index contributed by atoms with van der Waals surface area (Å²) in [6.07, 6.45) is 8.62. The Morgan fingerprint density at radius 3 is 2.80 bits per heavy atom. The molecule has 1 saturated heterocycles. The summed E-state index contributed by atoms with van der Waals surface area (Å²) in [4.78, 5) is 4.08. The lowest BCUT2D eigenvalue weighted by molar-refractivity contribution is 0.0838. The third-order valence-electron chi connectivity index (χ3n) is 4.84. The summed E-state index contributed by atoms with van der Waals surface area (Å²) in [5, 5.41) is 7.84. The molecule has 0 bridgehead atoms. The number of aromatic nitrogens is 4. The van der Waals surface area contributed by atoms with Gasteiger partial charge in [0.15, 0.2) is 0 Å². The maximum Gasteiger partial charge on any atom is 0.103 e. The predicted molar refractivity (Wildman–Crippen MR) is 95.3 cm³/mol. The fourth-order valence-electron chi connectivity index (χ4n) is 3.43. The van der Waals surface area contributed by atoms with E-state index in [-0.39, 0.29) is 6.10 Å². The van der Waals surface area contributed by atoms with E-state index in [4.69, 9.17) is 4.74 Å². The fraction of sp³-hybridized carbons (Fsp3) is 0.368. The first-order chi connectivity index (χ1) is 12.3. The molecule has 0 unspecified atom stereocenters. The molecule has 2 atom stereocenters. The van der Waals surface area contributed by atoms with Crippen molar-refractivity contribution < 1.29 is 4.74 Å². The summed E-state index contributed by atoms with van der Waals surface area (Å²) >= 11 is 0. The number of ether oxygens (including phenoxy) is 1. The third kappa shape index (κ3) is 3.50. The molecule has 2 aromatic heterocycles. The van der Waals surface area contributed by atoms with Crippen LogP contribution in [0.3, 0.4) is 0 Å². The number of aryl methyl sites for hydroxylation is 1. The van der Waals surface area contributed by atoms with Gasteiger partial charge in [-0.05, 0) is 30.2 Å². The van der Waals surface area contributed by atoms with Crippen molar-refractivity contribution in [3.8, 4) is 5.69 Å². The van der Waals surface area contributed by atoms with Crippen LogP contribution >= 0.6 is 0 Å². The summed E-state index contributed by atoms with van der Waals surface area (Å²) in [7, 11) is 1.98. The first kappa shape index (κ1) is 16.1. The average Bonchev–Trinajstić information content (AvgIpc) is 3.37. The zero-order valence-corrected chi connectivity index (χ0v) is 14.4. The Bertz CT molecular complexity index is 794. The fourth-order valence-corrected chi connectivity index (χ4v) is 3.43. The smallest absolute Gasteiger partial charge is 0.103 e. The van der Waals surface area contributed by atoms with Crippen LogP contribution < -0.4 is 5.32 Å². The Hall–Kier alpha value is -2.44. The van der Waals surface area contributed by atoms with Gasteiger partial charge in [-0.1, -0.05) is 12.1 Å². The lowest BCUT2D eigenvalue weighted by Gasteiger charge is -2.19. The zero-order valence-electron chi connectivity index (χ0n) is 14.4. The predicted octanol–water partition coefficient (Wildman–Crippen LogP) is 2.47. The van der Waals surface area contributed by atoms with Crippen molar-refractivity contribution in [2.75, 3.05) is 13.2 Å². The average molecular weight is 337 g/mol. The van der Waals surface area contributed by atoms with Crippen molar-refractivity contribution in [1.29, 1.82) is 0 Å². The van der Waals surface area contributed by atoms with E-state index in [1.54, 1.807) is 6.20 Å². The highest BCUT2D eigenvalue weighted by Crippen LogP contribution is 2.33. The SMILES string of the molecule is Cn1nccc1[C@@H]1OCC[C@H]1CNCc1ccc(-n2ccnc2)cc1. The van der Waals surface area contributed by atoms with Crippen molar-refractivity contribution >= 4 is 0 Å². The van der Waals surface area contributed by atoms with Gasteiger partial charge in [-0.25, -0.2) is 4.98 Å². The van der Waals surface area contributed by atoms with Gasteiger partial charge in [-0.2, -0.15) is 5.10 Å². The van der Waals surface area contributed by atoms with Gasteiger partial charge in [-0.15, -0.1) is 0 Å². The molecule has 0 aliphatic carbocycles. The molecule has 6 nitrogen and oxygen atoms in total. The van der Waals surface area contributed by atoms with Crippen molar-refractivity contribution in [3.05, 3.63) is 66.5 Å². The topological polar surface area (TPSA) is 56.9 Å². The molecule has 1 aromatic carbocycles. The molecule has 3 aromatic rings. The second-order valence-electron chi connectivity index (χ2n) is 6.49. The van der Waals surface area contributed by atoms with Gasteiger partial charge in [0, 0.05) is 56.9 Å². The minimum Gasteiger partial charge on any atom is -0.372 e. The van der Waals surface area contributed by atoms with Crippen LogP contribution in [0.5, 0.6) is 0 Å². The third-order valence-corrected chi connectivity index (χ3v) is 4.84. The summed E-state index contributed by atoms with van der Waals surface area (Å²) < 4.78 is 9.86.